The Labute approximate surface area is 138 Å². The number of aromatic nitrogens is 1. The van der Waals surface area contributed by atoms with Crippen LogP contribution in [-0.2, 0) is 27.8 Å². The van der Waals surface area contributed by atoms with Crippen molar-refractivity contribution in [1.29, 1.82) is 0 Å². The number of nitrogens with zero attached hydrogens (tertiary/aromatic N) is 2. The van der Waals surface area contributed by atoms with E-state index in [0.717, 1.165) is 52.1 Å². The molecule has 1 saturated heterocycles. The van der Waals surface area contributed by atoms with Crippen LogP contribution in [0.25, 0.3) is 0 Å². The van der Waals surface area contributed by atoms with Crippen molar-refractivity contribution in [3.8, 4) is 0 Å². The van der Waals surface area contributed by atoms with Crippen LogP contribution in [0.1, 0.15) is 25.0 Å². The number of fused-ring (bicyclic) bond motifs is 1. The molecule has 0 bridgehead atoms. The quantitative estimate of drug-likeness (QED) is 0.869. The Morgan fingerprint density at radius 2 is 2.09 bits per heavy atom. The Morgan fingerprint density at radius 3 is 2.83 bits per heavy atom. The monoisotopic (exact) mass is 341 g/mol. The summed E-state index contributed by atoms with van der Waals surface area (Å²) in [5.41, 5.74) is 1.36. The van der Waals surface area contributed by atoms with E-state index >= 15 is 0 Å². The van der Waals surface area contributed by atoms with Gasteiger partial charge in [0.25, 0.3) is 0 Å². The molecule has 0 aromatic carbocycles. The van der Waals surface area contributed by atoms with E-state index in [-0.39, 0.29) is 0 Å². The largest absolute Gasteiger partial charge is 0.381 e. The molecule has 130 valence electrons. The van der Waals surface area contributed by atoms with Gasteiger partial charge >= 0.3 is 0 Å². The number of sulfonamides is 1. The van der Waals surface area contributed by atoms with Crippen molar-refractivity contribution >= 4 is 10.0 Å². The summed E-state index contributed by atoms with van der Waals surface area (Å²) in [7, 11) is -3.10. The normalized spacial score (nSPS) is 24.3. The maximum atomic E-state index is 11.3. The fourth-order valence-corrected chi connectivity index (χ4v) is 4.16. The summed E-state index contributed by atoms with van der Waals surface area (Å²) in [4.78, 5) is 2.58. The van der Waals surface area contributed by atoms with Crippen molar-refractivity contribution in [2.75, 3.05) is 32.6 Å². The highest BCUT2D eigenvalue weighted by molar-refractivity contribution is 7.88. The van der Waals surface area contributed by atoms with Crippen LogP contribution >= 0.6 is 0 Å². The molecule has 3 heterocycles. The zero-order chi connectivity index (χ0) is 16.3. The molecule has 0 unspecified atom stereocenters. The van der Waals surface area contributed by atoms with E-state index in [9.17, 15) is 8.42 Å². The molecule has 7 heteroatoms. The summed E-state index contributed by atoms with van der Waals surface area (Å²) < 4.78 is 33.0. The van der Waals surface area contributed by atoms with Crippen molar-refractivity contribution in [2.24, 2.45) is 5.92 Å². The molecule has 3 rings (SSSR count). The minimum atomic E-state index is -3.10. The maximum absolute atomic E-state index is 11.3. The summed E-state index contributed by atoms with van der Waals surface area (Å²) in [6.45, 7) is 5.19. The molecule has 6 nitrogen and oxygen atoms in total. The van der Waals surface area contributed by atoms with E-state index in [1.54, 1.807) is 0 Å². The molecule has 1 aromatic rings. The van der Waals surface area contributed by atoms with Crippen molar-refractivity contribution in [2.45, 2.75) is 38.4 Å². The molecule has 2 aliphatic rings. The van der Waals surface area contributed by atoms with Gasteiger partial charge < -0.3 is 9.30 Å². The minimum Gasteiger partial charge on any atom is -0.381 e. The lowest BCUT2D eigenvalue weighted by Gasteiger charge is -2.34. The van der Waals surface area contributed by atoms with Crippen molar-refractivity contribution in [1.82, 2.24) is 14.2 Å². The Balaban J connectivity index is 1.67. The van der Waals surface area contributed by atoms with Crippen LogP contribution in [0.3, 0.4) is 0 Å². The first-order valence-electron chi connectivity index (χ1n) is 8.42. The second kappa shape index (κ2) is 7.34. The fourth-order valence-electron chi connectivity index (χ4n) is 3.67. The van der Waals surface area contributed by atoms with E-state index in [0.29, 0.717) is 18.5 Å². The lowest BCUT2D eigenvalue weighted by molar-refractivity contribution is 0.0260. The zero-order valence-corrected chi connectivity index (χ0v) is 14.6. The number of hydrogen-bond donors (Lipinski definition) is 1. The minimum absolute atomic E-state index is 0.459. The molecule has 0 saturated carbocycles. The highest BCUT2D eigenvalue weighted by Crippen LogP contribution is 2.24. The summed E-state index contributed by atoms with van der Waals surface area (Å²) in [5.74, 6) is 0.459. The van der Waals surface area contributed by atoms with E-state index in [1.807, 2.05) is 0 Å². The molecule has 0 radical (unpaired) electrons. The van der Waals surface area contributed by atoms with Gasteiger partial charge in [0.2, 0.25) is 10.0 Å². The van der Waals surface area contributed by atoms with Gasteiger partial charge in [-0.25, -0.2) is 13.1 Å². The molecule has 0 spiro atoms. The van der Waals surface area contributed by atoms with Crippen molar-refractivity contribution in [3.05, 3.63) is 24.0 Å². The summed E-state index contributed by atoms with van der Waals surface area (Å²) in [5, 5.41) is 0. The highest BCUT2D eigenvalue weighted by atomic mass is 32.2. The van der Waals surface area contributed by atoms with E-state index in [1.165, 1.54) is 11.9 Å². The second-order valence-electron chi connectivity index (χ2n) is 6.75. The smallest absolute Gasteiger partial charge is 0.208 e. The van der Waals surface area contributed by atoms with Crippen LogP contribution in [0.2, 0.25) is 0 Å². The molecule has 23 heavy (non-hydrogen) atoms. The van der Waals surface area contributed by atoms with Gasteiger partial charge in [0.1, 0.15) is 0 Å². The average Bonchev–Trinajstić information content (AvgIpc) is 2.85. The number of ether oxygens (including phenoxy) is 1. The third-order valence-corrected chi connectivity index (χ3v) is 5.59. The summed E-state index contributed by atoms with van der Waals surface area (Å²) in [6, 6.07) is 4.88. The van der Waals surface area contributed by atoms with Crippen LogP contribution in [0.5, 0.6) is 0 Å². The third kappa shape index (κ3) is 4.79. The Bertz CT molecular complexity index is 608. The number of rotatable bonds is 5. The number of nitrogens with one attached hydrogen (secondary N) is 1. The van der Waals surface area contributed by atoms with Crippen molar-refractivity contribution < 1.29 is 13.2 Å². The molecule has 1 N–H and O–H groups in total. The van der Waals surface area contributed by atoms with Gasteiger partial charge in [-0.2, -0.15) is 0 Å². The SMILES string of the molecule is CS(=O)(=O)NCC[C@@H]1CN(C2CCOCC2)Cc2cccn2C1. The Morgan fingerprint density at radius 1 is 1.30 bits per heavy atom. The van der Waals surface area contributed by atoms with E-state index in [2.05, 4.69) is 32.5 Å². The van der Waals surface area contributed by atoms with Crippen LogP contribution in [0.4, 0.5) is 0 Å². The molecular formula is C16H27N3O3S. The topological polar surface area (TPSA) is 63.6 Å². The lowest BCUT2D eigenvalue weighted by Crippen LogP contribution is -2.41. The number of hydrogen-bond acceptors (Lipinski definition) is 4. The van der Waals surface area contributed by atoms with Gasteiger partial charge in [-0.1, -0.05) is 0 Å². The predicted molar refractivity (Wildman–Crippen MR) is 89.6 cm³/mol. The molecule has 1 atom stereocenters. The molecule has 0 aliphatic carbocycles. The molecule has 1 aromatic heterocycles. The molecule has 0 amide bonds. The fraction of sp³-hybridized carbons (Fsp3) is 0.750. The van der Waals surface area contributed by atoms with Gasteiger partial charge in [0.05, 0.1) is 6.26 Å². The highest BCUT2D eigenvalue weighted by Gasteiger charge is 2.27. The second-order valence-corrected chi connectivity index (χ2v) is 8.58. The summed E-state index contributed by atoms with van der Waals surface area (Å²) in [6.07, 6.45) is 6.41. The van der Waals surface area contributed by atoms with Crippen LogP contribution in [0.15, 0.2) is 18.3 Å². The van der Waals surface area contributed by atoms with Gasteiger partial charge in [-0.05, 0) is 37.3 Å². The Hall–Kier alpha value is -0.890. The predicted octanol–water partition coefficient (Wildman–Crippen LogP) is 1.04. The van der Waals surface area contributed by atoms with Crippen LogP contribution < -0.4 is 4.72 Å². The van der Waals surface area contributed by atoms with E-state index in [4.69, 9.17) is 4.74 Å². The Kier molecular flexibility index (Phi) is 5.41. The van der Waals surface area contributed by atoms with Gasteiger partial charge in [-0.3, -0.25) is 4.90 Å². The van der Waals surface area contributed by atoms with Crippen molar-refractivity contribution in [3.63, 3.8) is 0 Å². The van der Waals surface area contributed by atoms with Crippen LogP contribution in [-0.4, -0.2) is 56.5 Å². The average molecular weight is 341 g/mol. The van der Waals surface area contributed by atoms with Gasteiger partial charge in [0, 0.05) is 57.3 Å². The summed E-state index contributed by atoms with van der Waals surface area (Å²) >= 11 is 0. The molecular weight excluding hydrogens is 314 g/mol. The third-order valence-electron chi connectivity index (χ3n) is 4.86. The van der Waals surface area contributed by atoms with Gasteiger partial charge in [-0.15, -0.1) is 0 Å². The first kappa shape index (κ1) is 17.0. The van der Waals surface area contributed by atoms with Gasteiger partial charge in [0.15, 0.2) is 0 Å². The first-order valence-corrected chi connectivity index (χ1v) is 10.3. The standard InChI is InChI=1S/C16H27N3O3S/c1-23(20,21)17-7-4-14-11-18-8-2-3-16(18)13-19(12-14)15-5-9-22-10-6-15/h2-3,8,14-15,17H,4-7,9-13H2,1H3/t14-/m0/s1. The molecule has 2 aliphatic heterocycles. The lowest BCUT2D eigenvalue weighted by atomic mass is 10.0. The maximum Gasteiger partial charge on any atom is 0.208 e. The van der Waals surface area contributed by atoms with E-state index < -0.39 is 10.0 Å². The zero-order valence-electron chi connectivity index (χ0n) is 13.8. The first-order chi connectivity index (χ1) is 11.0. The molecule has 1 fully saturated rings. The van der Waals surface area contributed by atoms with Crippen LogP contribution in [0, 0.1) is 5.92 Å².